The number of hydrogen-bond acceptors (Lipinski definition) is 4. The minimum Gasteiger partial charge on any atom is -0.459 e. The summed E-state index contributed by atoms with van der Waals surface area (Å²) >= 11 is 0. The van der Waals surface area contributed by atoms with Crippen molar-refractivity contribution in [3.63, 3.8) is 0 Å². The molecule has 28 heavy (non-hydrogen) atoms. The molecule has 0 spiro atoms. The molecule has 1 aromatic carbocycles. The first kappa shape index (κ1) is 22.3. The van der Waals surface area contributed by atoms with Crippen LogP contribution in [0.1, 0.15) is 31.1 Å². The lowest BCUT2D eigenvalue weighted by molar-refractivity contribution is 0.0963. The van der Waals surface area contributed by atoms with Crippen LogP contribution in [0.25, 0.3) is 11.0 Å². The molecule has 2 heterocycles. The third-order valence-electron chi connectivity index (χ3n) is 4.94. The number of para-hydroxylation sites is 1. The molecule has 1 aliphatic heterocycles. The van der Waals surface area contributed by atoms with Crippen LogP contribution in [0.15, 0.2) is 33.7 Å². The van der Waals surface area contributed by atoms with E-state index in [0.29, 0.717) is 26.2 Å². The van der Waals surface area contributed by atoms with Crippen LogP contribution < -0.4 is 10.6 Å². The third-order valence-corrected chi connectivity index (χ3v) is 4.94. The molecule has 7 nitrogen and oxygen atoms in total. The summed E-state index contributed by atoms with van der Waals surface area (Å²) in [7, 11) is 1.76. The van der Waals surface area contributed by atoms with Gasteiger partial charge in [0.25, 0.3) is 0 Å². The first-order chi connectivity index (χ1) is 13.1. The number of benzene rings is 1. The van der Waals surface area contributed by atoms with Gasteiger partial charge in [0.2, 0.25) is 0 Å². The highest BCUT2D eigenvalue weighted by Crippen LogP contribution is 2.24. The topological polar surface area (TPSA) is 79.1 Å². The zero-order chi connectivity index (χ0) is 19.2. The Bertz CT molecular complexity index is 813. The number of aliphatic imine (C=N–C) groups is 1. The summed E-state index contributed by atoms with van der Waals surface area (Å²) in [5, 5.41) is 7.91. The number of rotatable bonds is 4. The van der Waals surface area contributed by atoms with E-state index in [4.69, 9.17) is 9.15 Å². The van der Waals surface area contributed by atoms with Gasteiger partial charge in [0.1, 0.15) is 11.3 Å². The van der Waals surface area contributed by atoms with E-state index in [1.165, 1.54) is 0 Å². The molecule has 0 atom stereocenters. The van der Waals surface area contributed by atoms with Crippen LogP contribution in [0.3, 0.4) is 0 Å². The molecular weight excluding hydrogens is 471 g/mol. The zero-order valence-electron chi connectivity index (χ0n) is 16.7. The predicted molar refractivity (Wildman–Crippen MR) is 121 cm³/mol. The van der Waals surface area contributed by atoms with Crippen molar-refractivity contribution < 1.29 is 13.9 Å². The van der Waals surface area contributed by atoms with Crippen LogP contribution in [-0.4, -0.2) is 49.7 Å². The standard InChI is InChI=1S/C20H28N4O3.HI/c1-4-26-20(25)24-11-9-15(10-12-24)23-19(21-3)22-13-18-14(2)16-7-5-6-8-17(16)27-18;/h5-8,15H,4,9-13H2,1-3H3,(H2,21,22,23);1H. The van der Waals surface area contributed by atoms with Crippen LogP contribution in [0.5, 0.6) is 0 Å². The van der Waals surface area contributed by atoms with Gasteiger partial charge in [0, 0.05) is 37.1 Å². The second-order valence-electron chi connectivity index (χ2n) is 6.68. The Morgan fingerprint density at radius 3 is 2.68 bits per heavy atom. The van der Waals surface area contributed by atoms with Crippen LogP contribution in [0.4, 0.5) is 4.79 Å². The monoisotopic (exact) mass is 500 g/mol. The molecule has 154 valence electrons. The van der Waals surface area contributed by atoms with Crippen LogP contribution in [-0.2, 0) is 11.3 Å². The molecule has 3 rings (SSSR count). The summed E-state index contributed by atoms with van der Waals surface area (Å²) in [5.74, 6) is 1.65. The Hall–Kier alpha value is -1.97. The van der Waals surface area contributed by atoms with Crippen molar-refractivity contribution in [2.75, 3.05) is 26.7 Å². The van der Waals surface area contributed by atoms with E-state index in [1.54, 1.807) is 11.9 Å². The molecule has 1 aromatic heterocycles. The SMILES string of the molecule is CCOC(=O)N1CCC(NC(=NC)NCc2oc3ccccc3c2C)CC1.I. The van der Waals surface area contributed by atoms with Gasteiger partial charge in [-0.3, -0.25) is 4.99 Å². The van der Waals surface area contributed by atoms with Crippen molar-refractivity contribution in [3.8, 4) is 0 Å². The maximum absolute atomic E-state index is 11.8. The molecule has 0 saturated carbocycles. The first-order valence-corrected chi connectivity index (χ1v) is 9.48. The Balaban J connectivity index is 0.00000280. The van der Waals surface area contributed by atoms with Crippen molar-refractivity contribution in [1.29, 1.82) is 0 Å². The van der Waals surface area contributed by atoms with E-state index in [0.717, 1.165) is 41.1 Å². The number of aryl methyl sites for hydroxylation is 1. The molecule has 1 aliphatic rings. The number of halogens is 1. The number of ether oxygens (including phenoxy) is 1. The number of carbonyl (C=O) groups excluding carboxylic acids is 1. The summed E-state index contributed by atoms with van der Waals surface area (Å²) in [6.07, 6.45) is 1.51. The second kappa shape index (κ2) is 10.5. The highest BCUT2D eigenvalue weighted by Gasteiger charge is 2.24. The number of furan rings is 1. The number of guanidine groups is 1. The van der Waals surface area contributed by atoms with E-state index in [9.17, 15) is 4.79 Å². The normalized spacial score (nSPS) is 15.2. The minimum absolute atomic E-state index is 0. The average Bonchev–Trinajstić information content (AvgIpc) is 3.02. The Labute approximate surface area is 182 Å². The van der Waals surface area contributed by atoms with Gasteiger partial charge < -0.3 is 24.7 Å². The highest BCUT2D eigenvalue weighted by atomic mass is 127. The molecule has 2 aromatic rings. The number of amides is 1. The fourth-order valence-electron chi connectivity index (χ4n) is 3.37. The van der Waals surface area contributed by atoms with Gasteiger partial charge in [-0.1, -0.05) is 18.2 Å². The van der Waals surface area contributed by atoms with Gasteiger partial charge in [-0.25, -0.2) is 4.79 Å². The second-order valence-corrected chi connectivity index (χ2v) is 6.68. The van der Waals surface area contributed by atoms with Gasteiger partial charge in [-0.2, -0.15) is 0 Å². The lowest BCUT2D eigenvalue weighted by atomic mass is 10.1. The lowest BCUT2D eigenvalue weighted by Crippen LogP contribution is -2.49. The Morgan fingerprint density at radius 1 is 1.32 bits per heavy atom. The molecule has 8 heteroatoms. The van der Waals surface area contributed by atoms with Gasteiger partial charge in [0.15, 0.2) is 5.96 Å². The summed E-state index contributed by atoms with van der Waals surface area (Å²) < 4.78 is 11.0. The summed E-state index contributed by atoms with van der Waals surface area (Å²) in [4.78, 5) is 17.9. The number of piperidine rings is 1. The van der Waals surface area contributed by atoms with Gasteiger partial charge in [0.05, 0.1) is 13.2 Å². The summed E-state index contributed by atoms with van der Waals surface area (Å²) in [5.41, 5.74) is 2.05. The highest BCUT2D eigenvalue weighted by molar-refractivity contribution is 14.0. The molecule has 0 aliphatic carbocycles. The van der Waals surface area contributed by atoms with Crippen LogP contribution >= 0.6 is 24.0 Å². The smallest absolute Gasteiger partial charge is 0.409 e. The number of fused-ring (bicyclic) bond motifs is 1. The number of hydrogen-bond donors (Lipinski definition) is 2. The van der Waals surface area contributed by atoms with E-state index in [1.807, 2.05) is 25.1 Å². The first-order valence-electron chi connectivity index (χ1n) is 9.48. The number of likely N-dealkylation sites (tertiary alicyclic amines) is 1. The van der Waals surface area contributed by atoms with E-state index in [2.05, 4.69) is 28.6 Å². The van der Waals surface area contributed by atoms with E-state index < -0.39 is 0 Å². The van der Waals surface area contributed by atoms with Crippen molar-refractivity contribution in [3.05, 3.63) is 35.6 Å². The average molecular weight is 500 g/mol. The van der Waals surface area contributed by atoms with Gasteiger partial charge >= 0.3 is 6.09 Å². The van der Waals surface area contributed by atoms with Crippen molar-refractivity contribution in [2.45, 2.75) is 39.3 Å². The fraction of sp³-hybridized carbons (Fsp3) is 0.500. The lowest BCUT2D eigenvalue weighted by Gasteiger charge is -2.32. The molecule has 1 fully saturated rings. The maximum atomic E-state index is 11.8. The fourth-order valence-corrected chi connectivity index (χ4v) is 3.37. The van der Waals surface area contributed by atoms with Crippen molar-refractivity contribution in [1.82, 2.24) is 15.5 Å². The Kier molecular flexibility index (Phi) is 8.40. The van der Waals surface area contributed by atoms with E-state index >= 15 is 0 Å². The van der Waals surface area contributed by atoms with Crippen LogP contribution in [0.2, 0.25) is 0 Å². The minimum atomic E-state index is -0.223. The van der Waals surface area contributed by atoms with Gasteiger partial charge in [-0.05, 0) is 32.8 Å². The Morgan fingerprint density at radius 2 is 2.04 bits per heavy atom. The summed E-state index contributed by atoms with van der Waals surface area (Å²) in [6, 6.07) is 8.33. The van der Waals surface area contributed by atoms with E-state index in [-0.39, 0.29) is 36.1 Å². The third kappa shape index (κ3) is 5.30. The molecular formula is C20H29IN4O3. The molecule has 2 N–H and O–H groups in total. The quantitative estimate of drug-likeness (QED) is 0.381. The number of nitrogens with one attached hydrogen (secondary N) is 2. The molecule has 1 amide bonds. The molecule has 0 bridgehead atoms. The maximum Gasteiger partial charge on any atom is 0.409 e. The molecule has 0 unspecified atom stereocenters. The molecule has 0 radical (unpaired) electrons. The number of nitrogens with zero attached hydrogens (tertiary/aromatic N) is 2. The van der Waals surface area contributed by atoms with Gasteiger partial charge in [-0.15, -0.1) is 24.0 Å². The number of carbonyl (C=O) groups is 1. The molecule has 1 saturated heterocycles. The zero-order valence-corrected chi connectivity index (χ0v) is 19.0. The predicted octanol–water partition coefficient (Wildman–Crippen LogP) is 3.65. The summed E-state index contributed by atoms with van der Waals surface area (Å²) in [6.45, 7) is 6.26. The van der Waals surface area contributed by atoms with Crippen molar-refractivity contribution in [2.24, 2.45) is 4.99 Å². The van der Waals surface area contributed by atoms with Crippen molar-refractivity contribution >= 4 is 47.0 Å². The largest absolute Gasteiger partial charge is 0.459 e. The van der Waals surface area contributed by atoms with Crippen LogP contribution in [0, 0.1) is 6.92 Å².